The fourth-order valence-electron chi connectivity index (χ4n) is 3.20. The van der Waals surface area contributed by atoms with E-state index in [0.717, 1.165) is 19.0 Å². The maximum absolute atomic E-state index is 9.70. The van der Waals surface area contributed by atoms with Gasteiger partial charge in [0.15, 0.2) is 11.5 Å². The smallest absolute Gasteiger partial charge is 0.160 e. The van der Waals surface area contributed by atoms with Gasteiger partial charge >= 0.3 is 0 Å². The van der Waals surface area contributed by atoms with Crippen molar-refractivity contribution in [2.24, 2.45) is 5.92 Å². The number of aromatic hydroxyl groups is 1. The number of likely N-dealkylation sites (tertiary alicyclic amines) is 1. The van der Waals surface area contributed by atoms with Crippen LogP contribution in [0.3, 0.4) is 0 Å². The van der Waals surface area contributed by atoms with Crippen LogP contribution in [0.25, 0.3) is 0 Å². The zero-order valence-electron chi connectivity index (χ0n) is 13.7. The van der Waals surface area contributed by atoms with Gasteiger partial charge < -0.3 is 14.7 Å². The second-order valence-electron chi connectivity index (χ2n) is 6.35. The lowest BCUT2D eigenvalue weighted by atomic mass is 9.94. The van der Waals surface area contributed by atoms with E-state index in [1.807, 2.05) is 12.1 Å². The van der Waals surface area contributed by atoms with E-state index < -0.39 is 0 Å². The third kappa shape index (κ3) is 4.11. The van der Waals surface area contributed by atoms with Gasteiger partial charge in [0.25, 0.3) is 0 Å². The maximum atomic E-state index is 9.70. The third-order valence-corrected chi connectivity index (χ3v) is 4.51. The van der Waals surface area contributed by atoms with Crippen molar-refractivity contribution in [2.75, 3.05) is 40.8 Å². The van der Waals surface area contributed by atoms with E-state index in [0.29, 0.717) is 11.8 Å². The molecule has 4 heteroatoms. The highest BCUT2D eigenvalue weighted by atomic mass is 16.5. The topological polar surface area (TPSA) is 35.9 Å². The van der Waals surface area contributed by atoms with Crippen LogP contribution in [0.5, 0.6) is 11.5 Å². The fourth-order valence-corrected chi connectivity index (χ4v) is 3.20. The van der Waals surface area contributed by atoms with E-state index in [2.05, 4.69) is 30.8 Å². The van der Waals surface area contributed by atoms with Crippen LogP contribution in [0.4, 0.5) is 0 Å². The van der Waals surface area contributed by atoms with Crippen LogP contribution < -0.4 is 4.74 Å². The van der Waals surface area contributed by atoms with Gasteiger partial charge in [-0.05, 0) is 70.6 Å². The standard InChI is InChI=1S/C17H28N2O2/c1-13(15-5-6-16(20)17(11-15)21-4)19-9-7-14(8-10-19)12-18(2)3/h5-6,11,13-14,20H,7-10,12H2,1-4H3. The molecule has 1 aliphatic heterocycles. The molecule has 2 rings (SSSR count). The first-order valence-corrected chi connectivity index (χ1v) is 7.77. The number of rotatable bonds is 5. The van der Waals surface area contributed by atoms with Crippen molar-refractivity contribution < 1.29 is 9.84 Å². The molecule has 0 spiro atoms. The number of methoxy groups -OCH3 is 1. The van der Waals surface area contributed by atoms with Crippen LogP contribution in [-0.2, 0) is 0 Å². The second kappa shape index (κ2) is 7.14. The molecule has 1 atom stereocenters. The molecule has 0 amide bonds. The minimum absolute atomic E-state index is 0.207. The summed E-state index contributed by atoms with van der Waals surface area (Å²) >= 11 is 0. The van der Waals surface area contributed by atoms with Crippen molar-refractivity contribution in [3.05, 3.63) is 23.8 Å². The quantitative estimate of drug-likeness (QED) is 0.905. The molecule has 118 valence electrons. The summed E-state index contributed by atoms with van der Waals surface area (Å²) in [7, 11) is 5.89. The summed E-state index contributed by atoms with van der Waals surface area (Å²) in [6.45, 7) is 5.71. The SMILES string of the molecule is COc1cc(C(C)N2CCC(CN(C)C)CC2)ccc1O. The largest absolute Gasteiger partial charge is 0.504 e. The van der Waals surface area contributed by atoms with Gasteiger partial charge in [-0.3, -0.25) is 4.90 Å². The summed E-state index contributed by atoms with van der Waals surface area (Å²) in [4.78, 5) is 4.81. The molecule has 1 N–H and O–H groups in total. The van der Waals surface area contributed by atoms with Crippen LogP contribution in [0.1, 0.15) is 31.4 Å². The van der Waals surface area contributed by atoms with E-state index in [4.69, 9.17) is 4.74 Å². The average Bonchev–Trinajstić information content (AvgIpc) is 2.47. The van der Waals surface area contributed by atoms with Crippen molar-refractivity contribution in [3.63, 3.8) is 0 Å². The van der Waals surface area contributed by atoms with Crippen molar-refractivity contribution >= 4 is 0 Å². The highest BCUT2D eigenvalue weighted by Crippen LogP contribution is 2.32. The van der Waals surface area contributed by atoms with Crippen LogP contribution in [-0.4, -0.2) is 55.7 Å². The zero-order valence-corrected chi connectivity index (χ0v) is 13.7. The molecule has 1 saturated heterocycles. The van der Waals surface area contributed by atoms with Crippen molar-refractivity contribution in [2.45, 2.75) is 25.8 Å². The number of ether oxygens (including phenoxy) is 1. The second-order valence-corrected chi connectivity index (χ2v) is 6.35. The summed E-state index contributed by atoms with van der Waals surface area (Å²) in [5.41, 5.74) is 1.20. The maximum Gasteiger partial charge on any atom is 0.160 e. The predicted molar refractivity (Wildman–Crippen MR) is 85.9 cm³/mol. The number of benzene rings is 1. The summed E-state index contributed by atoms with van der Waals surface area (Å²) in [6, 6.07) is 6.03. The Hall–Kier alpha value is -1.26. The van der Waals surface area contributed by atoms with E-state index in [1.54, 1.807) is 13.2 Å². The molecular weight excluding hydrogens is 264 g/mol. The van der Waals surface area contributed by atoms with Gasteiger partial charge in [0, 0.05) is 12.6 Å². The molecule has 0 saturated carbocycles. The lowest BCUT2D eigenvalue weighted by molar-refractivity contribution is 0.127. The monoisotopic (exact) mass is 292 g/mol. The van der Waals surface area contributed by atoms with E-state index in [-0.39, 0.29) is 5.75 Å². The fraction of sp³-hybridized carbons (Fsp3) is 0.647. The molecule has 0 aliphatic carbocycles. The molecule has 0 bridgehead atoms. The van der Waals surface area contributed by atoms with E-state index in [9.17, 15) is 5.11 Å². The first kappa shape index (κ1) is 16.1. The first-order chi connectivity index (χ1) is 10.0. The minimum atomic E-state index is 0.207. The van der Waals surface area contributed by atoms with Crippen molar-refractivity contribution in [3.8, 4) is 11.5 Å². The van der Waals surface area contributed by atoms with Gasteiger partial charge in [0.1, 0.15) is 0 Å². The molecule has 1 heterocycles. The molecule has 0 aromatic heterocycles. The number of phenols is 1. The molecule has 4 nitrogen and oxygen atoms in total. The van der Waals surface area contributed by atoms with Crippen LogP contribution in [0, 0.1) is 5.92 Å². The predicted octanol–water partition coefficient (Wildman–Crippen LogP) is 2.74. The summed E-state index contributed by atoms with van der Waals surface area (Å²) in [6.07, 6.45) is 2.52. The highest BCUT2D eigenvalue weighted by molar-refractivity contribution is 5.42. The Morgan fingerprint density at radius 2 is 2.00 bits per heavy atom. The van der Waals surface area contributed by atoms with Crippen LogP contribution in [0.15, 0.2) is 18.2 Å². The van der Waals surface area contributed by atoms with Gasteiger partial charge in [0.05, 0.1) is 7.11 Å². The molecule has 21 heavy (non-hydrogen) atoms. The number of hydrogen-bond donors (Lipinski definition) is 1. The van der Waals surface area contributed by atoms with E-state index in [1.165, 1.54) is 24.9 Å². The summed E-state index contributed by atoms with van der Waals surface area (Å²) < 4.78 is 5.21. The van der Waals surface area contributed by atoms with Crippen LogP contribution >= 0.6 is 0 Å². The van der Waals surface area contributed by atoms with Crippen molar-refractivity contribution in [1.29, 1.82) is 0 Å². The average molecular weight is 292 g/mol. The molecule has 1 aromatic carbocycles. The number of nitrogens with zero attached hydrogens (tertiary/aromatic N) is 2. The molecule has 0 radical (unpaired) electrons. The first-order valence-electron chi connectivity index (χ1n) is 7.77. The summed E-state index contributed by atoms with van der Waals surface area (Å²) in [5.74, 6) is 1.58. The Bertz CT molecular complexity index is 454. The Balaban J connectivity index is 1.97. The van der Waals surface area contributed by atoms with Crippen molar-refractivity contribution in [1.82, 2.24) is 9.80 Å². The lowest BCUT2D eigenvalue weighted by Gasteiger charge is -2.37. The minimum Gasteiger partial charge on any atom is -0.504 e. The molecule has 1 aromatic rings. The Morgan fingerprint density at radius 3 is 2.57 bits per heavy atom. The molecule has 1 unspecified atom stereocenters. The number of phenolic OH excluding ortho intramolecular Hbond substituents is 1. The number of hydrogen-bond acceptors (Lipinski definition) is 4. The summed E-state index contributed by atoms with van der Waals surface area (Å²) in [5, 5.41) is 9.70. The van der Waals surface area contributed by atoms with Gasteiger partial charge in [0.2, 0.25) is 0 Å². The van der Waals surface area contributed by atoms with Gasteiger partial charge in [-0.25, -0.2) is 0 Å². The van der Waals surface area contributed by atoms with Gasteiger partial charge in [-0.2, -0.15) is 0 Å². The van der Waals surface area contributed by atoms with Gasteiger partial charge in [-0.15, -0.1) is 0 Å². The van der Waals surface area contributed by atoms with E-state index >= 15 is 0 Å². The Labute approximate surface area is 128 Å². The Kier molecular flexibility index (Phi) is 5.48. The zero-order chi connectivity index (χ0) is 15.4. The van der Waals surface area contributed by atoms with Crippen LogP contribution in [0.2, 0.25) is 0 Å². The third-order valence-electron chi connectivity index (χ3n) is 4.51. The molecule has 1 aliphatic rings. The molecule has 1 fully saturated rings. The lowest BCUT2D eigenvalue weighted by Crippen LogP contribution is -2.38. The van der Waals surface area contributed by atoms with Gasteiger partial charge in [-0.1, -0.05) is 6.07 Å². The normalized spacial score (nSPS) is 18.9. The number of piperidine rings is 1. The highest BCUT2D eigenvalue weighted by Gasteiger charge is 2.24. The Morgan fingerprint density at radius 1 is 1.33 bits per heavy atom. The molecular formula is C17H28N2O2.